The number of nitrogens with one attached hydrogen (secondary N) is 1. The fraction of sp³-hybridized carbons (Fsp3) is 0. The molecular weight excluding hydrogens is 321 g/mol. The third-order valence-electron chi connectivity index (χ3n) is 3.65. The van der Waals surface area contributed by atoms with Crippen LogP contribution in [0.25, 0.3) is 22.7 Å². The second kappa shape index (κ2) is 6.16. The van der Waals surface area contributed by atoms with Crippen LogP contribution >= 0.6 is 0 Å². The highest BCUT2D eigenvalue weighted by atomic mass is 19.1. The number of nitrogens with zero attached hydrogens (tertiary/aromatic N) is 2. The number of oxazole rings is 1. The molecule has 122 valence electrons. The highest BCUT2D eigenvalue weighted by Crippen LogP contribution is 2.25. The van der Waals surface area contributed by atoms with Gasteiger partial charge in [-0.3, -0.25) is 4.79 Å². The van der Waals surface area contributed by atoms with Crippen molar-refractivity contribution < 1.29 is 13.6 Å². The molecule has 0 spiro atoms. The van der Waals surface area contributed by atoms with Gasteiger partial charge in [-0.1, -0.05) is 18.2 Å². The van der Waals surface area contributed by atoms with Gasteiger partial charge in [-0.15, -0.1) is 0 Å². The topological polar surface area (TPSA) is 68.0 Å². The number of pyridine rings is 1. The van der Waals surface area contributed by atoms with Crippen molar-refractivity contribution >= 4 is 22.8 Å². The Morgan fingerprint density at radius 3 is 2.76 bits per heavy atom. The summed E-state index contributed by atoms with van der Waals surface area (Å²) in [6.07, 6.45) is 1.64. The van der Waals surface area contributed by atoms with Gasteiger partial charge in [-0.2, -0.15) is 4.98 Å². The molecule has 4 rings (SSSR count). The molecule has 0 radical (unpaired) electrons. The molecule has 0 saturated heterocycles. The van der Waals surface area contributed by atoms with E-state index in [1.807, 2.05) is 6.07 Å². The third kappa shape index (κ3) is 2.97. The predicted molar refractivity (Wildman–Crippen MR) is 91.6 cm³/mol. The van der Waals surface area contributed by atoms with E-state index in [1.165, 1.54) is 18.2 Å². The SMILES string of the molecule is O=C(Nc1cccc(-c2nc3ncccc3o2)c1)c1ccccc1F. The van der Waals surface area contributed by atoms with Crippen molar-refractivity contribution in [3.8, 4) is 11.5 Å². The van der Waals surface area contributed by atoms with Crippen LogP contribution in [0.15, 0.2) is 71.3 Å². The number of rotatable bonds is 3. The molecule has 1 amide bonds. The van der Waals surface area contributed by atoms with E-state index in [2.05, 4.69) is 15.3 Å². The summed E-state index contributed by atoms with van der Waals surface area (Å²) < 4.78 is 19.4. The number of anilines is 1. The molecule has 0 bridgehead atoms. The van der Waals surface area contributed by atoms with Gasteiger partial charge in [0.2, 0.25) is 5.89 Å². The van der Waals surface area contributed by atoms with Gasteiger partial charge >= 0.3 is 0 Å². The average Bonchev–Trinajstić information content (AvgIpc) is 3.06. The zero-order chi connectivity index (χ0) is 17.2. The summed E-state index contributed by atoms with van der Waals surface area (Å²) in [5.41, 5.74) is 2.28. The van der Waals surface area contributed by atoms with Gasteiger partial charge < -0.3 is 9.73 Å². The molecule has 5 nitrogen and oxygen atoms in total. The van der Waals surface area contributed by atoms with Crippen molar-refractivity contribution in [1.29, 1.82) is 0 Å². The zero-order valence-electron chi connectivity index (χ0n) is 12.9. The molecule has 6 heteroatoms. The van der Waals surface area contributed by atoms with Crippen LogP contribution in [-0.2, 0) is 0 Å². The van der Waals surface area contributed by atoms with Crippen LogP contribution in [0.2, 0.25) is 0 Å². The summed E-state index contributed by atoms with van der Waals surface area (Å²) in [7, 11) is 0. The number of amides is 1. The lowest BCUT2D eigenvalue weighted by atomic mass is 10.1. The molecule has 2 aromatic heterocycles. The average molecular weight is 333 g/mol. The quantitative estimate of drug-likeness (QED) is 0.607. The highest BCUT2D eigenvalue weighted by molar-refractivity contribution is 6.04. The Kier molecular flexibility index (Phi) is 3.70. The van der Waals surface area contributed by atoms with Gasteiger partial charge in [0.05, 0.1) is 5.56 Å². The largest absolute Gasteiger partial charge is 0.434 e. The zero-order valence-corrected chi connectivity index (χ0v) is 12.9. The maximum atomic E-state index is 13.7. The Labute approximate surface area is 142 Å². The lowest BCUT2D eigenvalue weighted by Gasteiger charge is -2.07. The molecule has 0 aliphatic rings. The summed E-state index contributed by atoms with van der Waals surface area (Å²) in [6.45, 7) is 0. The minimum atomic E-state index is -0.568. The predicted octanol–water partition coefficient (Wildman–Crippen LogP) is 4.28. The van der Waals surface area contributed by atoms with Crippen LogP contribution in [-0.4, -0.2) is 15.9 Å². The maximum absolute atomic E-state index is 13.7. The molecule has 1 N–H and O–H groups in total. The van der Waals surface area contributed by atoms with Crippen LogP contribution < -0.4 is 5.32 Å². The summed E-state index contributed by atoms with van der Waals surface area (Å²) in [5.74, 6) is -0.689. The first-order chi connectivity index (χ1) is 12.2. The number of aromatic nitrogens is 2. The van der Waals surface area contributed by atoms with Crippen LogP contribution in [0.4, 0.5) is 10.1 Å². The molecule has 2 heterocycles. The normalized spacial score (nSPS) is 10.8. The molecule has 0 fully saturated rings. The van der Waals surface area contributed by atoms with Crippen LogP contribution in [0.3, 0.4) is 0 Å². The summed E-state index contributed by atoms with van der Waals surface area (Å²) in [6, 6.07) is 16.4. The van der Waals surface area contributed by atoms with Gasteiger partial charge in [0.25, 0.3) is 5.91 Å². The lowest BCUT2D eigenvalue weighted by Crippen LogP contribution is -2.13. The molecule has 0 unspecified atom stereocenters. The molecule has 25 heavy (non-hydrogen) atoms. The minimum Gasteiger partial charge on any atom is -0.434 e. The van der Waals surface area contributed by atoms with Crippen molar-refractivity contribution in [3.05, 3.63) is 78.2 Å². The van der Waals surface area contributed by atoms with E-state index in [-0.39, 0.29) is 5.56 Å². The Morgan fingerprint density at radius 2 is 1.92 bits per heavy atom. The third-order valence-corrected chi connectivity index (χ3v) is 3.65. The van der Waals surface area contributed by atoms with Crippen molar-refractivity contribution in [2.75, 3.05) is 5.32 Å². The number of fused-ring (bicyclic) bond motifs is 1. The molecule has 0 aliphatic heterocycles. The fourth-order valence-corrected chi connectivity index (χ4v) is 2.47. The van der Waals surface area contributed by atoms with Crippen LogP contribution in [0.5, 0.6) is 0 Å². The van der Waals surface area contributed by atoms with Crippen molar-refractivity contribution in [1.82, 2.24) is 9.97 Å². The maximum Gasteiger partial charge on any atom is 0.258 e. The number of halogens is 1. The molecule has 0 atom stereocenters. The van der Waals surface area contributed by atoms with E-state index in [0.29, 0.717) is 28.4 Å². The van der Waals surface area contributed by atoms with Gasteiger partial charge in [-0.25, -0.2) is 9.37 Å². The highest BCUT2D eigenvalue weighted by Gasteiger charge is 2.13. The van der Waals surface area contributed by atoms with Crippen molar-refractivity contribution in [2.45, 2.75) is 0 Å². The van der Waals surface area contributed by atoms with Gasteiger partial charge in [0.15, 0.2) is 11.2 Å². The monoisotopic (exact) mass is 333 g/mol. The molecule has 2 aromatic carbocycles. The summed E-state index contributed by atoms with van der Waals surface area (Å²) in [4.78, 5) is 20.7. The standard InChI is InChI=1S/C19H12FN3O2/c20-15-8-2-1-7-14(15)18(24)22-13-6-3-5-12(11-13)19-23-17-16(25-19)9-4-10-21-17/h1-11H,(H,22,24). The van der Waals surface area contributed by atoms with Crippen LogP contribution in [0.1, 0.15) is 10.4 Å². The smallest absolute Gasteiger partial charge is 0.258 e. The van der Waals surface area contributed by atoms with Crippen molar-refractivity contribution in [2.24, 2.45) is 0 Å². The number of carbonyl (C=O) groups excluding carboxylic acids is 1. The van der Waals surface area contributed by atoms with Crippen LogP contribution in [0, 0.1) is 5.82 Å². The second-order valence-corrected chi connectivity index (χ2v) is 5.36. The van der Waals surface area contributed by atoms with Gasteiger partial charge in [-0.05, 0) is 42.5 Å². The fourth-order valence-electron chi connectivity index (χ4n) is 2.47. The van der Waals surface area contributed by atoms with E-state index in [1.54, 1.807) is 42.6 Å². The molecule has 0 saturated carbocycles. The van der Waals surface area contributed by atoms with E-state index in [4.69, 9.17) is 4.42 Å². The van der Waals surface area contributed by atoms with Gasteiger partial charge in [0.1, 0.15) is 5.82 Å². The Hall–Kier alpha value is -3.54. The van der Waals surface area contributed by atoms with Crippen molar-refractivity contribution in [3.63, 3.8) is 0 Å². The second-order valence-electron chi connectivity index (χ2n) is 5.36. The number of hydrogen-bond donors (Lipinski definition) is 1. The molecule has 0 aliphatic carbocycles. The molecular formula is C19H12FN3O2. The van der Waals surface area contributed by atoms with Gasteiger partial charge in [0, 0.05) is 17.4 Å². The minimum absolute atomic E-state index is 0.0148. The Balaban J connectivity index is 1.63. The first kappa shape index (κ1) is 15.0. The number of benzene rings is 2. The Bertz CT molecular complexity index is 1040. The van der Waals surface area contributed by atoms with E-state index in [0.717, 1.165) is 0 Å². The summed E-state index contributed by atoms with van der Waals surface area (Å²) >= 11 is 0. The van der Waals surface area contributed by atoms with E-state index >= 15 is 0 Å². The lowest BCUT2D eigenvalue weighted by molar-refractivity contribution is 0.102. The van der Waals surface area contributed by atoms with E-state index < -0.39 is 11.7 Å². The summed E-state index contributed by atoms with van der Waals surface area (Å²) in [5, 5.41) is 2.68. The Morgan fingerprint density at radius 1 is 1.04 bits per heavy atom. The van der Waals surface area contributed by atoms with E-state index in [9.17, 15) is 9.18 Å². The first-order valence-corrected chi connectivity index (χ1v) is 7.58. The first-order valence-electron chi connectivity index (χ1n) is 7.58. The molecule has 4 aromatic rings. The number of hydrogen-bond acceptors (Lipinski definition) is 4. The number of carbonyl (C=O) groups is 1.